The molecule has 1 radical (unpaired) electrons. The Morgan fingerprint density at radius 3 is 1.83 bits per heavy atom. The van der Waals surface area contributed by atoms with E-state index in [1.165, 1.54) is 0 Å². The van der Waals surface area contributed by atoms with Gasteiger partial charge in [-0.05, 0) is 20.3 Å². The lowest BCUT2D eigenvalue weighted by atomic mass is 10.6. The zero-order valence-electron chi connectivity index (χ0n) is 8.42. The summed E-state index contributed by atoms with van der Waals surface area (Å²) >= 11 is 0. The largest absolute Gasteiger partial charge is 0.504 e. The van der Waals surface area contributed by atoms with Crippen LogP contribution in [0.4, 0.5) is 0 Å². The van der Waals surface area contributed by atoms with Crippen molar-refractivity contribution < 1.29 is 13.3 Å². The van der Waals surface area contributed by atoms with Crippen molar-refractivity contribution >= 4 is 8.80 Å². The van der Waals surface area contributed by atoms with Gasteiger partial charge in [0.25, 0.3) is 0 Å². The van der Waals surface area contributed by atoms with E-state index < -0.39 is 8.80 Å². The molecule has 0 aliphatic carbocycles. The van der Waals surface area contributed by atoms with Crippen molar-refractivity contribution in [3.05, 3.63) is 6.04 Å². The molecule has 0 saturated heterocycles. The van der Waals surface area contributed by atoms with Crippen molar-refractivity contribution in [2.75, 3.05) is 20.3 Å². The highest BCUT2D eigenvalue weighted by Crippen LogP contribution is 2.13. The van der Waals surface area contributed by atoms with Gasteiger partial charge in [-0.15, -0.1) is 0 Å². The van der Waals surface area contributed by atoms with Gasteiger partial charge in [-0.1, -0.05) is 6.92 Å². The Bertz CT molecular complexity index is 91.5. The molecule has 0 atom stereocenters. The van der Waals surface area contributed by atoms with Crippen molar-refractivity contribution in [3.8, 4) is 0 Å². The van der Waals surface area contributed by atoms with Crippen LogP contribution < -0.4 is 0 Å². The third-order valence-electron chi connectivity index (χ3n) is 1.43. The third-order valence-corrected chi connectivity index (χ3v) is 4.29. The summed E-state index contributed by atoms with van der Waals surface area (Å²) in [7, 11) is -0.752. The molecular formula is C8H19O3Si. The van der Waals surface area contributed by atoms with E-state index in [1.54, 1.807) is 7.11 Å². The maximum absolute atomic E-state index is 5.50. The van der Waals surface area contributed by atoms with E-state index in [1.807, 2.05) is 19.9 Å². The fourth-order valence-corrected chi connectivity index (χ4v) is 3.04. The molecule has 0 unspecified atom stereocenters. The van der Waals surface area contributed by atoms with Gasteiger partial charge in [0.15, 0.2) is 0 Å². The summed E-state index contributed by atoms with van der Waals surface area (Å²) in [6.07, 6.45) is 0.917. The Morgan fingerprint density at radius 2 is 1.58 bits per heavy atom. The Balaban J connectivity index is 4.06. The van der Waals surface area contributed by atoms with Crippen LogP contribution in [0.25, 0.3) is 0 Å². The fraction of sp³-hybridized carbons (Fsp3) is 0.875. The molecule has 0 amide bonds. The van der Waals surface area contributed by atoms with Crippen LogP contribution in [0.3, 0.4) is 0 Å². The lowest BCUT2D eigenvalue weighted by molar-refractivity contribution is 0.0945. The number of rotatable bonds is 7. The lowest BCUT2D eigenvalue weighted by Crippen LogP contribution is -2.45. The van der Waals surface area contributed by atoms with Gasteiger partial charge in [-0.2, -0.15) is 0 Å². The van der Waals surface area contributed by atoms with Gasteiger partial charge in [0.1, 0.15) is 0 Å². The van der Waals surface area contributed by atoms with Crippen molar-refractivity contribution in [3.63, 3.8) is 0 Å². The summed E-state index contributed by atoms with van der Waals surface area (Å²) in [5.74, 6) is 0. The van der Waals surface area contributed by atoms with Crippen molar-refractivity contribution in [1.82, 2.24) is 0 Å². The second kappa shape index (κ2) is 6.60. The second-order valence-electron chi connectivity index (χ2n) is 2.29. The van der Waals surface area contributed by atoms with Gasteiger partial charge >= 0.3 is 8.80 Å². The predicted octanol–water partition coefficient (Wildman–Crippen LogP) is 1.80. The van der Waals surface area contributed by atoms with E-state index >= 15 is 0 Å². The van der Waals surface area contributed by atoms with Crippen molar-refractivity contribution in [2.24, 2.45) is 0 Å². The SMILES string of the molecule is CC[CH][Si](OC)(OCC)OCC. The molecule has 0 bridgehead atoms. The van der Waals surface area contributed by atoms with Gasteiger partial charge in [0, 0.05) is 26.4 Å². The average molecular weight is 191 g/mol. The summed E-state index contributed by atoms with van der Waals surface area (Å²) < 4.78 is 16.3. The molecule has 0 aromatic rings. The minimum atomic E-state index is -2.39. The average Bonchev–Trinajstić information content (AvgIpc) is 2.06. The van der Waals surface area contributed by atoms with E-state index in [9.17, 15) is 0 Å². The molecular weight excluding hydrogens is 172 g/mol. The molecule has 0 aromatic carbocycles. The number of hydrogen-bond acceptors (Lipinski definition) is 3. The van der Waals surface area contributed by atoms with Crippen molar-refractivity contribution in [1.29, 1.82) is 0 Å². The zero-order chi connectivity index (χ0) is 9.45. The second-order valence-corrected chi connectivity index (χ2v) is 4.89. The Hall–Kier alpha value is 0.0969. The Kier molecular flexibility index (Phi) is 6.65. The molecule has 0 aliphatic heterocycles. The van der Waals surface area contributed by atoms with Crippen LogP contribution in [-0.2, 0) is 13.3 Å². The van der Waals surface area contributed by atoms with E-state index in [-0.39, 0.29) is 0 Å². The minimum Gasteiger partial charge on any atom is -0.377 e. The summed E-state index contributed by atoms with van der Waals surface area (Å²) in [5.41, 5.74) is 0. The molecule has 4 heteroatoms. The summed E-state index contributed by atoms with van der Waals surface area (Å²) in [4.78, 5) is 0. The van der Waals surface area contributed by atoms with Crippen LogP contribution in [-0.4, -0.2) is 29.1 Å². The molecule has 0 N–H and O–H groups in total. The van der Waals surface area contributed by atoms with Crippen LogP contribution in [0.5, 0.6) is 0 Å². The number of hydrogen-bond donors (Lipinski definition) is 0. The molecule has 0 heterocycles. The Morgan fingerprint density at radius 1 is 1.08 bits per heavy atom. The van der Waals surface area contributed by atoms with Gasteiger partial charge < -0.3 is 13.3 Å². The summed E-state index contributed by atoms with van der Waals surface area (Å²) in [6.45, 7) is 7.22. The smallest absolute Gasteiger partial charge is 0.377 e. The van der Waals surface area contributed by atoms with E-state index in [4.69, 9.17) is 13.3 Å². The van der Waals surface area contributed by atoms with Crippen LogP contribution >= 0.6 is 0 Å². The first-order valence-electron chi connectivity index (χ1n) is 4.42. The Labute approximate surface area is 76.4 Å². The molecule has 0 saturated carbocycles. The maximum atomic E-state index is 5.50. The molecule has 12 heavy (non-hydrogen) atoms. The predicted molar refractivity (Wildman–Crippen MR) is 50.6 cm³/mol. The molecule has 3 nitrogen and oxygen atoms in total. The highest BCUT2D eigenvalue weighted by atomic mass is 28.4. The van der Waals surface area contributed by atoms with Crippen LogP contribution in [0.1, 0.15) is 27.2 Å². The van der Waals surface area contributed by atoms with Gasteiger partial charge in [0.2, 0.25) is 0 Å². The minimum absolute atomic E-state index is 0.635. The summed E-state index contributed by atoms with van der Waals surface area (Å²) in [5, 5.41) is 0. The zero-order valence-corrected chi connectivity index (χ0v) is 9.42. The quantitative estimate of drug-likeness (QED) is 0.574. The standard InChI is InChI=1S/C8H19O3Si/c1-5-8-12(9-4,10-6-2)11-7-3/h8H,5-7H2,1-4H3. The van der Waals surface area contributed by atoms with E-state index in [0.29, 0.717) is 13.2 Å². The monoisotopic (exact) mass is 191 g/mol. The van der Waals surface area contributed by atoms with Crippen molar-refractivity contribution in [2.45, 2.75) is 27.2 Å². The first-order valence-corrected chi connectivity index (χ1v) is 6.22. The highest BCUT2D eigenvalue weighted by molar-refractivity contribution is 6.64. The van der Waals surface area contributed by atoms with Crippen LogP contribution in [0, 0.1) is 6.04 Å². The molecule has 0 fully saturated rings. The highest BCUT2D eigenvalue weighted by Gasteiger charge is 2.38. The van der Waals surface area contributed by atoms with Gasteiger partial charge in [0.05, 0.1) is 0 Å². The summed E-state index contributed by atoms with van der Waals surface area (Å²) in [6, 6.07) is 2.01. The van der Waals surface area contributed by atoms with Crippen LogP contribution in [0.15, 0.2) is 0 Å². The first-order chi connectivity index (χ1) is 5.74. The normalized spacial score (nSPS) is 12.0. The lowest BCUT2D eigenvalue weighted by Gasteiger charge is -2.26. The first kappa shape index (κ1) is 12.1. The van der Waals surface area contributed by atoms with Gasteiger partial charge in [-0.25, -0.2) is 0 Å². The topological polar surface area (TPSA) is 27.7 Å². The fourth-order valence-electron chi connectivity index (χ4n) is 1.01. The third kappa shape index (κ3) is 3.67. The van der Waals surface area contributed by atoms with E-state index in [2.05, 4.69) is 6.92 Å². The van der Waals surface area contributed by atoms with E-state index in [0.717, 1.165) is 6.42 Å². The molecule has 0 rings (SSSR count). The molecule has 0 aliphatic rings. The molecule has 0 aromatic heterocycles. The molecule has 73 valence electrons. The van der Waals surface area contributed by atoms with Gasteiger partial charge in [-0.3, -0.25) is 0 Å². The maximum Gasteiger partial charge on any atom is 0.504 e. The molecule has 0 spiro atoms. The van der Waals surface area contributed by atoms with Crippen LogP contribution in [0.2, 0.25) is 0 Å².